The summed E-state index contributed by atoms with van der Waals surface area (Å²) in [5.74, 6) is -1.04. The van der Waals surface area contributed by atoms with E-state index in [-0.39, 0.29) is 11.6 Å². The Kier molecular flexibility index (Phi) is 4.28. The number of hydrogen-bond acceptors (Lipinski definition) is 5. The van der Waals surface area contributed by atoms with Crippen LogP contribution in [0.3, 0.4) is 0 Å². The molecule has 0 bridgehead atoms. The summed E-state index contributed by atoms with van der Waals surface area (Å²) in [6, 6.07) is 22.3. The average Bonchev–Trinajstić information content (AvgIpc) is 2.97. The average molecular weight is 371 g/mol. The summed E-state index contributed by atoms with van der Waals surface area (Å²) >= 11 is 0. The standard InChI is InChI=1S/C23H17NO4/c1-28-22(27)15-11-13-17(14-12-15)24-23(16-7-3-2-4-8-16)20(25)18-9-5-6-10-19(18)21(23)26/h2-14,24H,1H3. The maximum Gasteiger partial charge on any atom is 0.337 e. The highest BCUT2D eigenvalue weighted by molar-refractivity contribution is 6.34. The van der Waals surface area contributed by atoms with Gasteiger partial charge in [0.05, 0.1) is 12.7 Å². The van der Waals surface area contributed by atoms with E-state index in [0.717, 1.165) is 0 Å². The van der Waals surface area contributed by atoms with Crippen molar-refractivity contribution in [1.29, 1.82) is 0 Å². The second-order valence-electron chi connectivity index (χ2n) is 6.51. The van der Waals surface area contributed by atoms with Crippen molar-refractivity contribution < 1.29 is 19.1 Å². The summed E-state index contributed by atoms with van der Waals surface area (Å²) in [5, 5.41) is 3.15. The quantitative estimate of drug-likeness (QED) is 0.557. The third-order valence-electron chi connectivity index (χ3n) is 4.94. The zero-order chi connectivity index (χ0) is 19.7. The molecule has 1 aliphatic carbocycles. The molecule has 0 aliphatic heterocycles. The molecule has 0 saturated heterocycles. The fourth-order valence-corrected chi connectivity index (χ4v) is 3.55. The zero-order valence-corrected chi connectivity index (χ0v) is 15.1. The van der Waals surface area contributed by atoms with Crippen LogP contribution in [0.15, 0.2) is 78.9 Å². The van der Waals surface area contributed by atoms with E-state index >= 15 is 0 Å². The van der Waals surface area contributed by atoms with Gasteiger partial charge < -0.3 is 10.1 Å². The van der Waals surface area contributed by atoms with Crippen molar-refractivity contribution in [2.75, 3.05) is 12.4 Å². The van der Waals surface area contributed by atoms with Crippen molar-refractivity contribution >= 4 is 23.2 Å². The molecule has 0 aromatic heterocycles. The van der Waals surface area contributed by atoms with Gasteiger partial charge in [0.15, 0.2) is 5.54 Å². The number of fused-ring (bicyclic) bond motifs is 1. The van der Waals surface area contributed by atoms with E-state index in [1.54, 1.807) is 72.8 Å². The largest absolute Gasteiger partial charge is 0.465 e. The molecule has 28 heavy (non-hydrogen) atoms. The highest BCUT2D eigenvalue weighted by Gasteiger charge is 2.54. The van der Waals surface area contributed by atoms with Crippen LogP contribution in [0, 0.1) is 0 Å². The van der Waals surface area contributed by atoms with Crippen LogP contribution in [0.5, 0.6) is 0 Å². The molecule has 3 aromatic rings. The van der Waals surface area contributed by atoms with Gasteiger partial charge in [-0.05, 0) is 29.8 Å². The van der Waals surface area contributed by atoms with Gasteiger partial charge in [-0.1, -0.05) is 54.6 Å². The smallest absolute Gasteiger partial charge is 0.337 e. The molecule has 0 atom stereocenters. The SMILES string of the molecule is COC(=O)c1ccc(NC2(c3ccccc3)C(=O)c3ccccc3C2=O)cc1. The van der Waals surface area contributed by atoms with Gasteiger partial charge in [0.2, 0.25) is 11.6 Å². The molecule has 5 nitrogen and oxygen atoms in total. The lowest BCUT2D eigenvalue weighted by Crippen LogP contribution is -2.46. The van der Waals surface area contributed by atoms with Crippen LogP contribution in [0.2, 0.25) is 0 Å². The van der Waals surface area contributed by atoms with E-state index in [0.29, 0.717) is 27.9 Å². The summed E-state index contributed by atoms with van der Waals surface area (Å²) in [4.78, 5) is 38.5. The molecule has 0 amide bonds. The van der Waals surface area contributed by atoms with Gasteiger partial charge in [0.25, 0.3) is 0 Å². The number of carbonyl (C=O) groups excluding carboxylic acids is 3. The predicted molar refractivity (Wildman–Crippen MR) is 105 cm³/mol. The molecule has 1 aliphatic rings. The van der Waals surface area contributed by atoms with Crippen LogP contribution >= 0.6 is 0 Å². The number of ketones is 2. The molecule has 4 rings (SSSR count). The monoisotopic (exact) mass is 371 g/mol. The number of ether oxygens (including phenoxy) is 1. The van der Waals surface area contributed by atoms with E-state index in [1.165, 1.54) is 7.11 Å². The van der Waals surface area contributed by atoms with Crippen LogP contribution in [0.25, 0.3) is 0 Å². The minimum atomic E-state index is -1.54. The third-order valence-corrected chi connectivity index (χ3v) is 4.94. The molecule has 1 N–H and O–H groups in total. The number of Topliss-reactive ketones (excluding diaryl/α,β-unsaturated/α-hetero) is 2. The molecule has 5 heteroatoms. The highest BCUT2D eigenvalue weighted by atomic mass is 16.5. The summed E-state index contributed by atoms with van der Waals surface area (Å²) < 4.78 is 4.71. The lowest BCUT2D eigenvalue weighted by atomic mass is 9.84. The number of anilines is 1. The highest BCUT2D eigenvalue weighted by Crippen LogP contribution is 2.40. The van der Waals surface area contributed by atoms with Crippen molar-refractivity contribution in [3.63, 3.8) is 0 Å². The molecule has 0 heterocycles. The number of esters is 1. The predicted octanol–water partition coefficient (Wildman–Crippen LogP) is 3.86. The summed E-state index contributed by atoms with van der Waals surface area (Å²) in [5.41, 5.74) is 0.751. The topological polar surface area (TPSA) is 72.5 Å². The first-order chi connectivity index (χ1) is 13.6. The van der Waals surface area contributed by atoms with Gasteiger partial charge in [-0.3, -0.25) is 9.59 Å². The Morgan fingerprint density at radius 3 is 1.86 bits per heavy atom. The number of benzene rings is 3. The summed E-state index contributed by atoms with van der Waals surface area (Å²) in [6.07, 6.45) is 0. The van der Waals surface area contributed by atoms with Gasteiger partial charge in [0.1, 0.15) is 0 Å². The van der Waals surface area contributed by atoms with E-state index in [9.17, 15) is 14.4 Å². The second-order valence-corrected chi connectivity index (χ2v) is 6.51. The maximum atomic E-state index is 13.4. The van der Waals surface area contributed by atoms with Crippen molar-refractivity contribution in [3.8, 4) is 0 Å². The van der Waals surface area contributed by atoms with E-state index in [2.05, 4.69) is 5.32 Å². The van der Waals surface area contributed by atoms with Gasteiger partial charge in [-0.15, -0.1) is 0 Å². The lowest BCUT2D eigenvalue weighted by molar-refractivity contribution is 0.0600. The van der Waals surface area contributed by atoms with Crippen molar-refractivity contribution in [2.24, 2.45) is 0 Å². The molecular formula is C23H17NO4. The van der Waals surface area contributed by atoms with Crippen LogP contribution in [0.1, 0.15) is 36.6 Å². The second kappa shape index (κ2) is 6.78. The van der Waals surface area contributed by atoms with Crippen LogP contribution in [-0.4, -0.2) is 24.6 Å². The van der Waals surface area contributed by atoms with Gasteiger partial charge in [-0.2, -0.15) is 0 Å². The minimum Gasteiger partial charge on any atom is -0.465 e. The first-order valence-electron chi connectivity index (χ1n) is 8.78. The van der Waals surface area contributed by atoms with Gasteiger partial charge in [-0.25, -0.2) is 4.79 Å². The van der Waals surface area contributed by atoms with E-state index in [4.69, 9.17) is 4.74 Å². The van der Waals surface area contributed by atoms with E-state index in [1.807, 2.05) is 6.07 Å². The zero-order valence-electron chi connectivity index (χ0n) is 15.1. The Hall–Kier alpha value is -3.73. The molecule has 138 valence electrons. The normalized spacial score (nSPS) is 14.5. The van der Waals surface area contributed by atoms with Crippen molar-refractivity contribution in [1.82, 2.24) is 0 Å². The number of nitrogens with one attached hydrogen (secondary N) is 1. The minimum absolute atomic E-state index is 0.295. The number of rotatable bonds is 4. The summed E-state index contributed by atoms with van der Waals surface area (Å²) in [7, 11) is 1.31. The first-order valence-corrected chi connectivity index (χ1v) is 8.78. The molecule has 0 saturated carbocycles. The maximum absolute atomic E-state index is 13.4. The molecule has 0 radical (unpaired) electrons. The third kappa shape index (κ3) is 2.60. The Labute approximate surface area is 162 Å². The number of hydrogen-bond donors (Lipinski definition) is 1. The molecular weight excluding hydrogens is 354 g/mol. The summed E-state index contributed by atoms with van der Waals surface area (Å²) in [6.45, 7) is 0. The Bertz CT molecular complexity index is 1040. The number of methoxy groups -OCH3 is 1. The molecule has 0 fully saturated rings. The van der Waals surface area contributed by atoms with Crippen molar-refractivity contribution in [2.45, 2.75) is 5.54 Å². The fourth-order valence-electron chi connectivity index (χ4n) is 3.55. The van der Waals surface area contributed by atoms with E-state index < -0.39 is 11.5 Å². The van der Waals surface area contributed by atoms with Crippen LogP contribution in [0.4, 0.5) is 5.69 Å². The first kappa shape index (κ1) is 17.7. The molecule has 3 aromatic carbocycles. The number of carbonyl (C=O) groups is 3. The van der Waals surface area contributed by atoms with Crippen molar-refractivity contribution in [3.05, 3.63) is 101 Å². The Morgan fingerprint density at radius 1 is 0.786 bits per heavy atom. The molecule has 0 spiro atoms. The van der Waals surface area contributed by atoms with Gasteiger partial charge in [0, 0.05) is 16.8 Å². The Morgan fingerprint density at radius 2 is 1.32 bits per heavy atom. The van der Waals surface area contributed by atoms with Crippen LogP contribution in [-0.2, 0) is 10.3 Å². The molecule has 0 unspecified atom stereocenters. The van der Waals surface area contributed by atoms with Gasteiger partial charge >= 0.3 is 5.97 Å². The lowest BCUT2D eigenvalue weighted by Gasteiger charge is -2.29. The van der Waals surface area contributed by atoms with Crippen LogP contribution < -0.4 is 5.32 Å². The Balaban J connectivity index is 1.82. The fraction of sp³-hybridized carbons (Fsp3) is 0.0870.